The van der Waals surface area contributed by atoms with Gasteiger partial charge < -0.3 is 4.98 Å². The van der Waals surface area contributed by atoms with E-state index in [0.717, 1.165) is 42.8 Å². The first-order valence-corrected chi connectivity index (χ1v) is 8.01. The van der Waals surface area contributed by atoms with Gasteiger partial charge in [-0.2, -0.15) is 0 Å². The zero-order chi connectivity index (χ0) is 13.9. The summed E-state index contributed by atoms with van der Waals surface area (Å²) < 4.78 is 0. The lowest BCUT2D eigenvalue weighted by atomic mass is 9.97. The molecule has 0 amide bonds. The Morgan fingerprint density at radius 3 is 3.00 bits per heavy atom. The van der Waals surface area contributed by atoms with Crippen molar-refractivity contribution in [2.45, 2.75) is 43.3 Å². The topological polar surface area (TPSA) is 45.8 Å². The van der Waals surface area contributed by atoms with Gasteiger partial charge in [-0.3, -0.25) is 4.79 Å². The number of nitrogens with zero attached hydrogens (tertiary/aromatic N) is 1. The number of H-pyrrole nitrogens is 1. The van der Waals surface area contributed by atoms with Gasteiger partial charge in [0.1, 0.15) is 5.82 Å². The van der Waals surface area contributed by atoms with Crippen LogP contribution in [0.2, 0.25) is 0 Å². The summed E-state index contributed by atoms with van der Waals surface area (Å²) in [7, 11) is 0. The van der Waals surface area contributed by atoms with Crippen LogP contribution in [-0.2, 0) is 18.6 Å². The number of aromatic nitrogens is 2. The standard InChI is InChI=1S/C16H18N2OS/c1-11-5-4-6-12(9-11)20-10-15-17-14-8-3-2-7-13(14)16(19)18-15/h4-6,9H,2-3,7-8,10H2,1H3,(H,17,18,19). The molecule has 0 bridgehead atoms. The van der Waals surface area contributed by atoms with E-state index in [1.54, 1.807) is 11.8 Å². The fraction of sp³-hybridized carbons (Fsp3) is 0.375. The maximum atomic E-state index is 12.0. The maximum Gasteiger partial charge on any atom is 0.254 e. The minimum absolute atomic E-state index is 0.0644. The normalized spacial score (nSPS) is 14.1. The molecule has 1 aromatic heterocycles. The fourth-order valence-electron chi connectivity index (χ4n) is 2.58. The molecule has 1 aliphatic carbocycles. The van der Waals surface area contributed by atoms with Crippen molar-refractivity contribution < 1.29 is 0 Å². The summed E-state index contributed by atoms with van der Waals surface area (Å²) in [6.45, 7) is 2.09. The van der Waals surface area contributed by atoms with Gasteiger partial charge in [0.15, 0.2) is 0 Å². The molecule has 0 atom stereocenters. The van der Waals surface area contributed by atoms with E-state index in [0.29, 0.717) is 5.75 Å². The highest BCUT2D eigenvalue weighted by atomic mass is 32.2. The van der Waals surface area contributed by atoms with Crippen molar-refractivity contribution in [3.63, 3.8) is 0 Å². The Labute approximate surface area is 122 Å². The molecule has 104 valence electrons. The van der Waals surface area contributed by atoms with Crippen LogP contribution in [0.1, 0.15) is 35.5 Å². The van der Waals surface area contributed by atoms with Crippen molar-refractivity contribution in [3.8, 4) is 0 Å². The minimum Gasteiger partial charge on any atom is -0.310 e. The molecule has 0 spiro atoms. The van der Waals surface area contributed by atoms with E-state index in [4.69, 9.17) is 0 Å². The van der Waals surface area contributed by atoms with E-state index < -0.39 is 0 Å². The molecule has 0 saturated carbocycles. The molecule has 1 N–H and O–H groups in total. The van der Waals surface area contributed by atoms with Crippen LogP contribution >= 0.6 is 11.8 Å². The highest BCUT2D eigenvalue weighted by molar-refractivity contribution is 7.98. The van der Waals surface area contributed by atoms with Crippen LogP contribution < -0.4 is 5.56 Å². The lowest BCUT2D eigenvalue weighted by molar-refractivity contribution is 0.651. The number of fused-ring (bicyclic) bond motifs is 1. The summed E-state index contributed by atoms with van der Waals surface area (Å²) in [5, 5.41) is 0. The van der Waals surface area contributed by atoms with Crippen LogP contribution in [0, 0.1) is 6.92 Å². The number of aromatic amines is 1. The number of aryl methyl sites for hydroxylation is 2. The predicted molar refractivity (Wildman–Crippen MR) is 82.2 cm³/mol. The molecule has 20 heavy (non-hydrogen) atoms. The van der Waals surface area contributed by atoms with E-state index in [1.807, 2.05) is 0 Å². The molecule has 1 heterocycles. The second-order valence-corrected chi connectivity index (χ2v) is 6.30. The van der Waals surface area contributed by atoms with E-state index >= 15 is 0 Å². The lowest BCUT2D eigenvalue weighted by Gasteiger charge is -2.14. The van der Waals surface area contributed by atoms with Crippen LogP contribution in [0.25, 0.3) is 0 Å². The smallest absolute Gasteiger partial charge is 0.254 e. The molecule has 1 aliphatic rings. The number of thioether (sulfide) groups is 1. The predicted octanol–water partition coefficient (Wildman–Crippen LogP) is 3.25. The Morgan fingerprint density at radius 1 is 1.30 bits per heavy atom. The molecule has 0 fully saturated rings. The number of benzene rings is 1. The molecule has 1 aromatic carbocycles. The number of hydrogen-bond donors (Lipinski definition) is 1. The quantitative estimate of drug-likeness (QED) is 0.881. The first-order chi connectivity index (χ1) is 9.72. The van der Waals surface area contributed by atoms with E-state index in [9.17, 15) is 4.79 Å². The molecule has 3 nitrogen and oxygen atoms in total. The van der Waals surface area contributed by atoms with Crippen LogP contribution in [0.4, 0.5) is 0 Å². The Kier molecular flexibility index (Phi) is 3.92. The van der Waals surface area contributed by atoms with E-state index in [-0.39, 0.29) is 5.56 Å². The molecule has 0 aliphatic heterocycles. The van der Waals surface area contributed by atoms with Gasteiger partial charge in [-0.05, 0) is 44.7 Å². The van der Waals surface area contributed by atoms with Gasteiger partial charge >= 0.3 is 0 Å². The summed E-state index contributed by atoms with van der Waals surface area (Å²) in [5.41, 5.74) is 3.23. The van der Waals surface area contributed by atoms with Crippen molar-refractivity contribution in [2.75, 3.05) is 0 Å². The molecule has 3 rings (SSSR count). The van der Waals surface area contributed by atoms with Gasteiger partial charge in [-0.25, -0.2) is 4.98 Å². The fourth-order valence-corrected chi connectivity index (χ4v) is 3.46. The molecular weight excluding hydrogens is 268 g/mol. The van der Waals surface area contributed by atoms with Gasteiger partial charge in [0.2, 0.25) is 0 Å². The second-order valence-electron chi connectivity index (χ2n) is 5.25. The Morgan fingerprint density at radius 2 is 2.15 bits per heavy atom. The summed E-state index contributed by atoms with van der Waals surface area (Å²) in [6, 6.07) is 8.39. The van der Waals surface area contributed by atoms with Crippen molar-refractivity contribution in [1.82, 2.24) is 9.97 Å². The zero-order valence-corrected chi connectivity index (χ0v) is 12.4. The summed E-state index contributed by atoms with van der Waals surface area (Å²) in [4.78, 5) is 20.8. The van der Waals surface area contributed by atoms with Gasteiger partial charge in [0.25, 0.3) is 5.56 Å². The number of rotatable bonds is 3. The van der Waals surface area contributed by atoms with Gasteiger partial charge in [0, 0.05) is 10.5 Å². The SMILES string of the molecule is Cc1cccc(SCc2nc3c(c(=O)[nH]2)CCCC3)c1. The van der Waals surface area contributed by atoms with Crippen molar-refractivity contribution in [2.24, 2.45) is 0 Å². The summed E-state index contributed by atoms with van der Waals surface area (Å²) >= 11 is 1.71. The Bertz CT molecular complexity index is 678. The molecule has 2 aromatic rings. The zero-order valence-electron chi connectivity index (χ0n) is 11.6. The number of hydrogen-bond acceptors (Lipinski definition) is 3. The summed E-state index contributed by atoms with van der Waals surface area (Å²) in [5.74, 6) is 1.51. The monoisotopic (exact) mass is 286 g/mol. The third-order valence-corrected chi connectivity index (χ3v) is 4.61. The van der Waals surface area contributed by atoms with Gasteiger partial charge in [-0.1, -0.05) is 17.7 Å². The van der Waals surface area contributed by atoms with Crippen LogP contribution in [-0.4, -0.2) is 9.97 Å². The van der Waals surface area contributed by atoms with Crippen LogP contribution in [0.3, 0.4) is 0 Å². The first kappa shape index (κ1) is 13.4. The third-order valence-electron chi connectivity index (χ3n) is 3.61. The number of nitrogens with one attached hydrogen (secondary N) is 1. The largest absolute Gasteiger partial charge is 0.310 e. The van der Waals surface area contributed by atoms with Crippen LogP contribution in [0.5, 0.6) is 0 Å². The van der Waals surface area contributed by atoms with E-state index in [1.165, 1.54) is 10.5 Å². The van der Waals surface area contributed by atoms with Crippen LogP contribution in [0.15, 0.2) is 34.0 Å². The summed E-state index contributed by atoms with van der Waals surface area (Å²) in [6.07, 6.45) is 4.08. The van der Waals surface area contributed by atoms with Crippen molar-refractivity contribution >= 4 is 11.8 Å². The molecule has 0 radical (unpaired) electrons. The average molecular weight is 286 g/mol. The Balaban J connectivity index is 1.78. The van der Waals surface area contributed by atoms with Gasteiger partial charge in [-0.15, -0.1) is 11.8 Å². The van der Waals surface area contributed by atoms with Crippen molar-refractivity contribution in [3.05, 3.63) is 57.3 Å². The second kappa shape index (κ2) is 5.83. The highest BCUT2D eigenvalue weighted by Crippen LogP contribution is 2.23. The van der Waals surface area contributed by atoms with Crippen molar-refractivity contribution in [1.29, 1.82) is 0 Å². The molecule has 0 saturated heterocycles. The molecule has 0 unspecified atom stereocenters. The third kappa shape index (κ3) is 2.96. The average Bonchev–Trinajstić information content (AvgIpc) is 2.45. The maximum absolute atomic E-state index is 12.0. The van der Waals surface area contributed by atoms with E-state index in [2.05, 4.69) is 41.2 Å². The Hall–Kier alpha value is -1.55. The molecule has 4 heteroatoms. The highest BCUT2D eigenvalue weighted by Gasteiger charge is 2.15. The first-order valence-electron chi connectivity index (χ1n) is 7.03. The molecular formula is C16H18N2OS. The van der Waals surface area contributed by atoms with Gasteiger partial charge in [0.05, 0.1) is 11.4 Å². The minimum atomic E-state index is 0.0644. The lowest BCUT2D eigenvalue weighted by Crippen LogP contribution is -2.22.